The number of carbonyl (C=O) groups excluding carboxylic acids is 2. The molecule has 32 heavy (non-hydrogen) atoms. The Morgan fingerprint density at radius 3 is 1.69 bits per heavy atom. The van der Waals surface area contributed by atoms with Crippen LogP contribution in [-0.2, 0) is 31.8 Å². The quantitative estimate of drug-likeness (QED) is 0.180. The van der Waals surface area contributed by atoms with Crippen LogP contribution >= 0.6 is 0 Å². The molecular formula is C25H37F3O4. The number of esters is 2. The molecule has 0 fully saturated rings. The Labute approximate surface area is 189 Å². The third kappa shape index (κ3) is 14.1. The fourth-order valence-electron chi connectivity index (χ4n) is 3.25. The first-order valence-electron chi connectivity index (χ1n) is 11.8. The predicted molar refractivity (Wildman–Crippen MR) is 118 cm³/mol. The normalized spacial score (nSPS) is 11.4. The lowest BCUT2D eigenvalue weighted by molar-refractivity contribution is -0.151. The number of benzene rings is 1. The van der Waals surface area contributed by atoms with Gasteiger partial charge in [0.15, 0.2) is 0 Å². The van der Waals surface area contributed by atoms with Crippen molar-refractivity contribution in [1.29, 1.82) is 0 Å². The number of carbonyl (C=O) groups is 2. The van der Waals surface area contributed by atoms with E-state index in [0.717, 1.165) is 31.4 Å². The monoisotopic (exact) mass is 458 g/mol. The van der Waals surface area contributed by atoms with Gasteiger partial charge in [0.2, 0.25) is 0 Å². The molecule has 0 radical (unpaired) electrons. The molecule has 7 heteroatoms. The third-order valence-electron chi connectivity index (χ3n) is 5.23. The summed E-state index contributed by atoms with van der Waals surface area (Å²) in [5.74, 6) is -1.03. The molecular weight excluding hydrogens is 421 g/mol. The van der Waals surface area contributed by atoms with Gasteiger partial charge in [-0.15, -0.1) is 0 Å². The van der Waals surface area contributed by atoms with Crippen molar-refractivity contribution in [3.8, 4) is 0 Å². The van der Waals surface area contributed by atoms with Crippen LogP contribution in [0.5, 0.6) is 0 Å². The number of unbranched alkanes of at least 4 members (excludes halogenated alkanes) is 10. The lowest BCUT2D eigenvalue weighted by Crippen LogP contribution is -2.11. The maximum Gasteiger partial charge on any atom is 0.416 e. The highest BCUT2D eigenvalue weighted by Crippen LogP contribution is 2.29. The largest absolute Gasteiger partial charge is 0.466 e. The number of halogens is 3. The number of hydrogen-bond acceptors (Lipinski definition) is 4. The van der Waals surface area contributed by atoms with E-state index in [2.05, 4.69) is 6.92 Å². The zero-order chi connectivity index (χ0) is 23.7. The van der Waals surface area contributed by atoms with Crippen LogP contribution in [-0.4, -0.2) is 18.5 Å². The van der Waals surface area contributed by atoms with Crippen LogP contribution in [0.1, 0.15) is 102 Å². The summed E-state index contributed by atoms with van der Waals surface area (Å²) in [6.45, 7) is 2.45. The number of alkyl halides is 3. The lowest BCUT2D eigenvalue weighted by Gasteiger charge is -2.08. The van der Waals surface area contributed by atoms with Gasteiger partial charge in [0.25, 0.3) is 0 Å². The van der Waals surface area contributed by atoms with E-state index in [1.165, 1.54) is 63.5 Å². The highest BCUT2D eigenvalue weighted by Gasteiger charge is 2.29. The molecule has 0 spiro atoms. The van der Waals surface area contributed by atoms with E-state index in [1.807, 2.05) is 0 Å². The summed E-state index contributed by atoms with van der Waals surface area (Å²) in [7, 11) is 0. The Kier molecular flexibility index (Phi) is 14.5. The van der Waals surface area contributed by atoms with Gasteiger partial charge in [0, 0.05) is 0 Å². The van der Waals surface area contributed by atoms with Crippen molar-refractivity contribution in [2.75, 3.05) is 6.61 Å². The minimum Gasteiger partial charge on any atom is -0.466 e. The smallest absolute Gasteiger partial charge is 0.416 e. The summed E-state index contributed by atoms with van der Waals surface area (Å²) in [6.07, 6.45) is 8.81. The van der Waals surface area contributed by atoms with Crippen LogP contribution in [0.25, 0.3) is 0 Å². The Morgan fingerprint density at radius 1 is 0.719 bits per heavy atom. The van der Waals surface area contributed by atoms with E-state index < -0.39 is 23.7 Å². The van der Waals surface area contributed by atoms with Crippen LogP contribution in [0.15, 0.2) is 24.3 Å². The predicted octanol–water partition coefficient (Wildman–Crippen LogP) is 7.38. The fourth-order valence-corrected chi connectivity index (χ4v) is 3.25. The molecule has 0 aromatic heterocycles. The van der Waals surface area contributed by atoms with Crippen molar-refractivity contribution in [3.63, 3.8) is 0 Å². The molecule has 0 saturated heterocycles. The molecule has 0 aliphatic rings. The molecule has 0 heterocycles. The van der Waals surface area contributed by atoms with Crippen molar-refractivity contribution >= 4 is 11.9 Å². The summed E-state index contributed by atoms with van der Waals surface area (Å²) in [5.41, 5.74) is -0.307. The Bertz CT molecular complexity index is 642. The minimum atomic E-state index is -4.40. The van der Waals surface area contributed by atoms with Crippen molar-refractivity contribution in [3.05, 3.63) is 35.4 Å². The topological polar surface area (TPSA) is 52.6 Å². The van der Waals surface area contributed by atoms with Gasteiger partial charge < -0.3 is 9.47 Å². The molecule has 0 bridgehead atoms. The summed E-state index contributed by atoms with van der Waals surface area (Å²) in [5, 5.41) is 0. The standard InChI is InChI=1S/C25H37F3O4/c1-2-3-4-5-6-7-8-9-10-11-12-19-31-23(29)17-18-24(30)32-20-21-13-15-22(16-14-21)25(26,27)28/h13-16H,2-12,17-20H2,1H3. The van der Waals surface area contributed by atoms with E-state index in [0.29, 0.717) is 12.2 Å². The first-order chi connectivity index (χ1) is 15.3. The number of ether oxygens (including phenoxy) is 2. The van der Waals surface area contributed by atoms with Crippen molar-refractivity contribution in [2.45, 2.75) is 103 Å². The van der Waals surface area contributed by atoms with E-state index in [1.54, 1.807) is 0 Å². The zero-order valence-corrected chi connectivity index (χ0v) is 19.2. The average molecular weight is 459 g/mol. The first kappa shape index (κ1) is 28.0. The second-order valence-corrected chi connectivity index (χ2v) is 8.11. The molecule has 0 aliphatic carbocycles. The summed E-state index contributed by atoms with van der Waals surface area (Å²) >= 11 is 0. The van der Waals surface area contributed by atoms with Crippen molar-refractivity contribution in [1.82, 2.24) is 0 Å². The molecule has 1 aromatic carbocycles. The Morgan fingerprint density at radius 2 is 1.19 bits per heavy atom. The van der Waals surface area contributed by atoms with Gasteiger partial charge in [0.1, 0.15) is 6.61 Å². The second-order valence-electron chi connectivity index (χ2n) is 8.11. The molecule has 0 N–H and O–H groups in total. The van der Waals surface area contributed by atoms with Crippen LogP contribution < -0.4 is 0 Å². The Balaban J connectivity index is 1.99. The molecule has 0 aliphatic heterocycles. The van der Waals surface area contributed by atoms with Gasteiger partial charge in [-0.05, 0) is 24.1 Å². The summed E-state index contributed by atoms with van der Waals surface area (Å²) < 4.78 is 47.7. The SMILES string of the molecule is CCCCCCCCCCCCCOC(=O)CCC(=O)OCc1ccc(C(F)(F)F)cc1. The van der Waals surface area contributed by atoms with Gasteiger partial charge >= 0.3 is 18.1 Å². The second kappa shape index (κ2) is 16.6. The molecule has 1 rings (SSSR count). The summed E-state index contributed by atoms with van der Waals surface area (Å²) in [6, 6.07) is 4.40. The lowest BCUT2D eigenvalue weighted by atomic mass is 10.1. The highest BCUT2D eigenvalue weighted by atomic mass is 19.4. The summed E-state index contributed by atoms with van der Waals surface area (Å²) in [4.78, 5) is 23.4. The molecule has 0 saturated carbocycles. The van der Waals surface area contributed by atoms with Gasteiger partial charge in [-0.3, -0.25) is 9.59 Å². The van der Waals surface area contributed by atoms with Crippen LogP contribution in [0.2, 0.25) is 0 Å². The maximum absolute atomic E-state index is 12.5. The number of hydrogen-bond donors (Lipinski definition) is 0. The molecule has 0 amide bonds. The van der Waals surface area contributed by atoms with Gasteiger partial charge in [-0.1, -0.05) is 83.3 Å². The highest BCUT2D eigenvalue weighted by molar-refractivity contribution is 5.77. The Hall–Kier alpha value is -2.05. The molecule has 1 aromatic rings. The molecule has 182 valence electrons. The average Bonchev–Trinajstić information content (AvgIpc) is 2.76. The van der Waals surface area contributed by atoms with E-state index in [4.69, 9.17) is 9.47 Å². The minimum absolute atomic E-state index is 0.0656. The third-order valence-corrected chi connectivity index (χ3v) is 5.23. The van der Waals surface area contributed by atoms with Crippen molar-refractivity contribution < 1.29 is 32.2 Å². The van der Waals surface area contributed by atoms with E-state index in [9.17, 15) is 22.8 Å². The van der Waals surface area contributed by atoms with Gasteiger partial charge in [-0.25, -0.2) is 0 Å². The van der Waals surface area contributed by atoms with Crippen molar-refractivity contribution in [2.24, 2.45) is 0 Å². The number of rotatable bonds is 17. The molecule has 4 nitrogen and oxygen atoms in total. The van der Waals surface area contributed by atoms with Gasteiger partial charge in [0.05, 0.1) is 25.0 Å². The zero-order valence-electron chi connectivity index (χ0n) is 19.2. The van der Waals surface area contributed by atoms with E-state index in [-0.39, 0.29) is 19.4 Å². The van der Waals surface area contributed by atoms with Crippen LogP contribution in [0.3, 0.4) is 0 Å². The maximum atomic E-state index is 12.5. The van der Waals surface area contributed by atoms with Gasteiger partial charge in [-0.2, -0.15) is 13.2 Å². The van der Waals surface area contributed by atoms with E-state index >= 15 is 0 Å². The molecule has 0 atom stereocenters. The molecule has 0 unspecified atom stereocenters. The van der Waals surface area contributed by atoms with Crippen LogP contribution in [0.4, 0.5) is 13.2 Å². The first-order valence-corrected chi connectivity index (χ1v) is 11.8. The van der Waals surface area contributed by atoms with Crippen LogP contribution in [0, 0.1) is 0 Å². The fraction of sp³-hybridized carbons (Fsp3) is 0.680.